The van der Waals surface area contributed by atoms with E-state index in [0.717, 1.165) is 51.5 Å². The summed E-state index contributed by atoms with van der Waals surface area (Å²) in [5.74, 6) is -0.0650. The Labute approximate surface area is 104 Å². The van der Waals surface area contributed by atoms with Gasteiger partial charge in [-0.1, -0.05) is 32.6 Å². The van der Waals surface area contributed by atoms with E-state index in [2.05, 4.69) is 12.2 Å². The first-order valence-corrected chi connectivity index (χ1v) is 6.71. The Morgan fingerprint density at radius 3 is 2.24 bits per heavy atom. The van der Waals surface area contributed by atoms with E-state index in [1.54, 1.807) is 0 Å². The van der Waals surface area contributed by atoms with Gasteiger partial charge in [-0.3, -0.25) is 9.59 Å². The first-order chi connectivity index (χ1) is 8.16. The first kappa shape index (κ1) is 15.9. The highest BCUT2D eigenvalue weighted by Crippen LogP contribution is 2.02. The van der Waals surface area contributed by atoms with Crippen molar-refractivity contribution >= 4 is 11.8 Å². The van der Waals surface area contributed by atoms with Crippen LogP contribution in [0.3, 0.4) is 0 Å². The molecule has 0 aromatic carbocycles. The molecule has 0 rings (SSSR count). The zero-order chi connectivity index (χ0) is 12.9. The van der Waals surface area contributed by atoms with Gasteiger partial charge in [0.1, 0.15) is 0 Å². The van der Waals surface area contributed by atoms with Gasteiger partial charge in [0.25, 0.3) is 0 Å². The SMILES string of the molecule is CCCCCC(=O)NCCCCCCC(N)=O. The van der Waals surface area contributed by atoms with Crippen LogP contribution in [0, 0.1) is 0 Å². The third-order valence-electron chi connectivity index (χ3n) is 2.68. The average Bonchev–Trinajstić information content (AvgIpc) is 2.28. The maximum atomic E-state index is 11.3. The van der Waals surface area contributed by atoms with E-state index >= 15 is 0 Å². The summed E-state index contributed by atoms with van der Waals surface area (Å²) in [5.41, 5.74) is 5.04. The molecule has 0 bridgehead atoms. The van der Waals surface area contributed by atoms with Crippen molar-refractivity contribution in [2.45, 2.75) is 64.7 Å². The molecule has 0 unspecified atom stereocenters. The molecular formula is C13H26N2O2. The smallest absolute Gasteiger partial charge is 0.219 e. The van der Waals surface area contributed by atoms with Crippen molar-refractivity contribution in [2.24, 2.45) is 5.73 Å². The quantitative estimate of drug-likeness (QED) is 0.545. The molecule has 4 heteroatoms. The van der Waals surface area contributed by atoms with Crippen LogP contribution in [0.15, 0.2) is 0 Å². The lowest BCUT2D eigenvalue weighted by atomic mass is 10.1. The van der Waals surface area contributed by atoms with Crippen molar-refractivity contribution in [3.8, 4) is 0 Å². The summed E-state index contributed by atoms with van der Waals surface area (Å²) in [5, 5.41) is 2.91. The second-order valence-corrected chi connectivity index (χ2v) is 4.44. The Morgan fingerprint density at radius 1 is 0.941 bits per heavy atom. The standard InChI is InChI=1S/C13H26N2O2/c1-2-3-6-10-13(17)15-11-8-5-4-7-9-12(14)16/h2-11H2,1H3,(H2,14,16)(H,15,17). The number of nitrogens with two attached hydrogens (primary N) is 1. The Hall–Kier alpha value is -1.06. The Morgan fingerprint density at radius 2 is 1.59 bits per heavy atom. The minimum Gasteiger partial charge on any atom is -0.370 e. The second kappa shape index (κ2) is 11.4. The maximum absolute atomic E-state index is 11.3. The van der Waals surface area contributed by atoms with Crippen LogP contribution in [0.25, 0.3) is 0 Å². The van der Waals surface area contributed by atoms with Crippen LogP contribution in [-0.4, -0.2) is 18.4 Å². The molecule has 0 heterocycles. The number of primary amides is 1. The molecule has 0 saturated heterocycles. The van der Waals surface area contributed by atoms with Crippen molar-refractivity contribution in [3.63, 3.8) is 0 Å². The molecular weight excluding hydrogens is 216 g/mol. The Kier molecular flexibility index (Phi) is 10.7. The number of carbonyl (C=O) groups excluding carboxylic acids is 2. The van der Waals surface area contributed by atoms with E-state index in [-0.39, 0.29) is 11.8 Å². The van der Waals surface area contributed by atoms with Crippen LogP contribution in [0.5, 0.6) is 0 Å². The van der Waals surface area contributed by atoms with Gasteiger partial charge in [-0.15, -0.1) is 0 Å². The summed E-state index contributed by atoms with van der Waals surface area (Å²) in [6.45, 7) is 2.88. The average molecular weight is 242 g/mol. The summed E-state index contributed by atoms with van der Waals surface area (Å²) < 4.78 is 0. The molecule has 4 nitrogen and oxygen atoms in total. The number of hydrogen-bond acceptors (Lipinski definition) is 2. The van der Waals surface area contributed by atoms with E-state index < -0.39 is 0 Å². The van der Waals surface area contributed by atoms with E-state index in [0.29, 0.717) is 12.8 Å². The fourth-order valence-electron chi connectivity index (χ4n) is 1.63. The molecule has 3 N–H and O–H groups in total. The number of hydrogen-bond donors (Lipinski definition) is 2. The van der Waals surface area contributed by atoms with Gasteiger partial charge in [-0.05, 0) is 19.3 Å². The molecule has 0 aliphatic heterocycles. The molecule has 0 radical (unpaired) electrons. The molecule has 0 aliphatic rings. The van der Waals surface area contributed by atoms with Crippen molar-refractivity contribution in [1.82, 2.24) is 5.32 Å². The highest BCUT2D eigenvalue weighted by molar-refractivity contribution is 5.75. The monoisotopic (exact) mass is 242 g/mol. The van der Waals surface area contributed by atoms with Crippen molar-refractivity contribution in [1.29, 1.82) is 0 Å². The highest BCUT2D eigenvalue weighted by Gasteiger charge is 1.99. The Bertz CT molecular complexity index is 217. The van der Waals surface area contributed by atoms with Crippen molar-refractivity contribution < 1.29 is 9.59 Å². The third-order valence-corrected chi connectivity index (χ3v) is 2.68. The van der Waals surface area contributed by atoms with E-state index in [1.165, 1.54) is 0 Å². The van der Waals surface area contributed by atoms with Crippen LogP contribution < -0.4 is 11.1 Å². The summed E-state index contributed by atoms with van der Waals surface area (Å²) in [4.78, 5) is 21.8. The van der Waals surface area contributed by atoms with E-state index in [9.17, 15) is 9.59 Å². The largest absolute Gasteiger partial charge is 0.370 e. The van der Waals surface area contributed by atoms with Crippen molar-refractivity contribution in [2.75, 3.05) is 6.54 Å². The van der Waals surface area contributed by atoms with Crippen LogP contribution in [-0.2, 0) is 9.59 Å². The molecule has 0 aromatic heterocycles. The summed E-state index contributed by atoms with van der Waals surface area (Å²) in [7, 11) is 0. The molecule has 0 spiro atoms. The number of amides is 2. The number of carbonyl (C=O) groups is 2. The fourth-order valence-corrected chi connectivity index (χ4v) is 1.63. The van der Waals surface area contributed by atoms with Gasteiger partial charge in [0, 0.05) is 19.4 Å². The predicted octanol–water partition coefficient (Wildman–Crippen LogP) is 2.12. The lowest BCUT2D eigenvalue weighted by Crippen LogP contribution is -2.23. The van der Waals surface area contributed by atoms with E-state index in [4.69, 9.17) is 5.73 Å². The van der Waals surface area contributed by atoms with Gasteiger partial charge in [0.15, 0.2) is 0 Å². The lowest BCUT2D eigenvalue weighted by Gasteiger charge is -2.04. The summed E-state index contributed by atoms with van der Waals surface area (Å²) in [6.07, 6.45) is 8.28. The van der Waals surface area contributed by atoms with Crippen LogP contribution in [0.2, 0.25) is 0 Å². The normalized spacial score (nSPS) is 10.2. The Balaban J connectivity index is 3.16. The second-order valence-electron chi connectivity index (χ2n) is 4.44. The summed E-state index contributed by atoms with van der Waals surface area (Å²) in [6, 6.07) is 0. The number of rotatable bonds is 11. The number of nitrogens with one attached hydrogen (secondary N) is 1. The van der Waals surface area contributed by atoms with Gasteiger partial charge in [0.2, 0.25) is 11.8 Å². The minimum atomic E-state index is -0.228. The zero-order valence-electron chi connectivity index (χ0n) is 11.0. The predicted molar refractivity (Wildman–Crippen MR) is 69.4 cm³/mol. The molecule has 0 aliphatic carbocycles. The van der Waals surface area contributed by atoms with Gasteiger partial charge < -0.3 is 11.1 Å². The molecule has 0 aromatic rings. The van der Waals surface area contributed by atoms with Gasteiger partial charge >= 0.3 is 0 Å². The zero-order valence-corrected chi connectivity index (χ0v) is 11.0. The summed E-state index contributed by atoms with van der Waals surface area (Å²) >= 11 is 0. The van der Waals surface area contributed by atoms with Crippen LogP contribution in [0.4, 0.5) is 0 Å². The molecule has 17 heavy (non-hydrogen) atoms. The molecule has 100 valence electrons. The van der Waals surface area contributed by atoms with Crippen LogP contribution in [0.1, 0.15) is 64.7 Å². The topological polar surface area (TPSA) is 72.2 Å². The van der Waals surface area contributed by atoms with Gasteiger partial charge in [0.05, 0.1) is 0 Å². The van der Waals surface area contributed by atoms with E-state index in [1.807, 2.05) is 0 Å². The van der Waals surface area contributed by atoms with Crippen molar-refractivity contribution in [3.05, 3.63) is 0 Å². The first-order valence-electron chi connectivity index (χ1n) is 6.71. The number of unbranched alkanes of at least 4 members (excludes halogenated alkanes) is 5. The minimum absolute atomic E-state index is 0.163. The van der Waals surface area contributed by atoms with Gasteiger partial charge in [-0.2, -0.15) is 0 Å². The maximum Gasteiger partial charge on any atom is 0.219 e. The highest BCUT2D eigenvalue weighted by atomic mass is 16.1. The van der Waals surface area contributed by atoms with Gasteiger partial charge in [-0.25, -0.2) is 0 Å². The van der Waals surface area contributed by atoms with Crippen LogP contribution >= 0.6 is 0 Å². The molecule has 2 amide bonds. The molecule has 0 atom stereocenters. The third kappa shape index (κ3) is 12.9. The fraction of sp³-hybridized carbons (Fsp3) is 0.846. The molecule has 0 fully saturated rings. The lowest BCUT2D eigenvalue weighted by molar-refractivity contribution is -0.121. The molecule has 0 saturated carbocycles.